The van der Waals surface area contributed by atoms with Crippen molar-refractivity contribution in [2.75, 3.05) is 0 Å². The highest BCUT2D eigenvalue weighted by Gasteiger charge is 2.29. The van der Waals surface area contributed by atoms with Gasteiger partial charge in [0.15, 0.2) is 0 Å². The molecule has 0 radical (unpaired) electrons. The van der Waals surface area contributed by atoms with E-state index in [2.05, 4.69) is 0 Å². The molecule has 1 rings (SSSR count). The van der Waals surface area contributed by atoms with Gasteiger partial charge < -0.3 is 10.2 Å². The quantitative estimate of drug-likeness (QED) is 0.684. The molecule has 4 heteroatoms. The van der Waals surface area contributed by atoms with Gasteiger partial charge in [0.25, 0.3) is 0 Å². The highest BCUT2D eigenvalue weighted by Crippen LogP contribution is 2.39. The van der Waals surface area contributed by atoms with Crippen LogP contribution in [0.4, 0.5) is 0 Å². The van der Waals surface area contributed by atoms with E-state index in [9.17, 15) is 9.59 Å². The van der Waals surface area contributed by atoms with Gasteiger partial charge in [-0.2, -0.15) is 0 Å². The summed E-state index contributed by atoms with van der Waals surface area (Å²) in [5.41, 5.74) is 0. The summed E-state index contributed by atoms with van der Waals surface area (Å²) in [6.45, 7) is 0. The molecule has 0 heterocycles. The van der Waals surface area contributed by atoms with Gasteiger partial charge in [0.05, 0.1) is 0 Å². The Hall–Kier alpha value is -1.06. The van der Waals surface area contributed by atoms with Crippen molar-refractivity contribution < 1.29 is 19.8 Å². The predicted octanol–water partition coefficient (Wildman–Crippen LogP) is 1.74. The first-order valence-corrected chi connectivity index (χ1v) is 5.01. The highest BCUT2D eigenvalue weighted by molar-refractivity contribution is 5.67. The molecule has 0 aliphatic heterocycles. The zero-order chi connectivity index (χ0) is 10.6. The first kappa shape index (κ1) is 11.0. The number of aliphatic carboxylic acids is 2. The highest BCUT2D eigenvalue weighted by atomic mass is 16.4. The van der Waals surface area contributed by atoms with E-state index in [1.54, 1.807) is 0 Å². The minimum Gasteiger partial charge on any atom is -0.481 e. The van der Waals surface area contributed by atoms with Crippen molar-refractivity contribution in [3.8, 4) is 0 Å². The Morgan fingerprint density at radius 3 is 1.57 bits per heavy atom. The van der Waals surface area contributed by atoms with E-state index in [0.717, 1.165) is 25.7 Å². The van der Waals surface area contributed by atoms with Gasteiger partial charge in [0.2, 0.25) is 0 Å². The summed E-state index contributed by atoms with van der Waals surface area (Å²) in [5.74, 6) is -0.437. The van der Waals surface area contributed by atoms with E-state index in [1.165, 1.54) is 0 Å². The average molecular weight is 200 g/mol. The second-order valence-electron chi connectivity index (χ2n) is 4.07. The van der Waals surface area contributed by atoms with E-state index < -0.39 is 11.9 Å². The standard InChI is InChI=1S/C10H16O4/c11-9(12)3-1-7-5-8(6-7)2-4-10(13)14/h7-8H,1-6H2,(H,11,12)(H,13,14). The van der Waals surface area contributed by atoms with Gasteiger partial charge in [-0.3, -0.25) is 9.59 Å². The molecule has 0 aromatic heterocycles. The summed E-state index contributed by atoms with van der Waals surface area (Å²) in [6, 6.07) is 0. The van der Waals surface area contributed by atoms with Crippen LogP contribution < -0.4 is 0 Å². The van der Waals surface area contributed by atoms with Gasteiger partial charge in [-0.05, 0) is 37.5 Å². The Kier molecular flexibility index (Phi) is 3.92. The molecule has 1 aliphatic carbocycles. The van der Waals surface area contributed by atoms with Crippen LogP contribution in [0.1, 0.15) is 38.5 Å². The molecular weight excluding hydrogens is 184 g/mol. The molecule has 0 saturated heterocycles. The van der Waals surface area contributed by atoms with Crippen LogP contribution in [0.3, 0.4) is 0 Å². The number of hydrogen-bond acceptors (Lipinski definition) is 2. The molecule has 0 amide bonds. The number of rotatable bonds is 6. The molecule has 0 unspecified atom stereocenters. The second kappa shape index (κ2) is 4.98. The molecule has 0 bridgehead atoms. The summed E-state index contributed by atoms with van der Waals surface area (Å²) in [4.78, 5) is 20.5. The van der Waals surface area contributed by atoms with Crippen LogP contribution in [0, 0.1) is 11.8 Å². The summed E-state index contributed by atoms with van der Waals surface area (Å²) < 4.78 is 0. The smallest absolute Gasteiger partial charge is 0.303 e. The van der Waals surface area contributed by atoms with Crippen LogP contribution in [-0.4, -0.2) is 22.2 Å². The van der Waals surface area contributed by atoms with Crippen molar-refractivity contribution in [2.45, 2.75) is 38.5 Å². The van der Waals surface area contributed by atoms with Gasteiger partial charge in [-0.15, -0.1) is 0 Å². The van der Waals surface area contributed by atoms with Crippen LogP contribution in [0.15, 0.2) is 0 Å². The lowest BCUT2D eigenvalue weighted by atomic mass is 9.71. The molecule has 80 valence electrons. The van der Waals surface area contributed by atoms with Gasteiger partial charge >= 0.3 is 11.9 Å². The Morgan fingerprint density at radius 2 is 1.29 bits per heavy atom. The zero-order valence-corrected chi connectivity index (χ0v) is 8.11. The molecule has 4 nitrogen and oxygen atoms in total. The van der Waals surface area contributed by atoms with Crippen LogP contribution in [0.25, 0.3) is 0 Å². The Morgan fingerprint density at radius 1 is 0.929 bits per heavy atom. The molecular formula is C10H16O4. The molecule has 0 aromatic rings. The van der Waals surface area contributed by atoms with E-state index in [0.29, 0.717) is 11.8 Å². The first-order valence-electron chi connectivity index (χ1n) is 5.01. The molecule has 2 N–H and O–H groups in total. The van der Waals surface area contributed by atoms with Gasteiger partial charge in [0.1, 0.15) is 0 Å². The van der Waals surface area contributed by atoms with Gasteiger partial charge in [-0.1, -0.05) is 0 Å². The Balaban J connectivity index is 2.00. The normalized spacial score (nSPS) is 25.4. The summed E-state index contributed by atoms with van der Waals surface area (Å²) in [6.07, 6.45) is 4.02. The zero-order valence-electron chi connectivity index (χ0n) is 8.11. The van der Waals surface area contributed by atoms with E-state index in [1.807, 2.05) is 0 Å². The molecule has 0 spiro atoms. The second-order valence-corrected chi connectivity index (χ2v) is 4.07. The van der Waals surface area contributed by atoms with Crippen molar-refractivity contribution >= 4 is 11.9 Å². The molecule has 14 heavy (non-hydrogen) atoms. The van der Waals surface area contributed by atoms with Crippen molar-refractivity contribution in [3.05, 3.63) is 0 Å². The fourth-order valence-electron chi connectivity index (χ4n) is 2.00. The molecule has 0 aromatic carbocycles. The maximum absolute atomic E-state index is 10.3. The molecule has 1 saturated carbocycles. The van der Waals surface area contributed by atoms with Crippen LogP contribution in [0.5, 0.6) is 0 Å². The number of hydrogen-bond donors (Lipinski definition) is 2. The van der Waals surface area contributed by atoms with Crippen molar-refractivity contribution in [2.24, 2.45) is 11.8 Å². The van der Waals surface area contributed by atoms with Crippen LogP contribution in [0.2, 0.25) is 0 Å². The van der Waals surface area contributed by atoms with Crippen molar-refractivity contribution in [3.63, 3.8) is 0 Å². The lowest BCUT2D eigenvalue weighted by Crippen LogP contribution is -2.24. The lowest BCUT2D eigenvalue weighted by molar-refractivity contribution is -0.138. The topological polar surface area (TPSA) is 74.6 Å². The third-order valence-corrected chi connectivity index (χ3v) is 2.87. The Bertz CT molecular complexity index is 196. The minimum absolute atomic E-state index is 0.246. The van der Waals surface area contributed by atoms with Crippen LogP contribution >= 0.6 is 0 Å². The summed E-state index contributed by atoms with van der Waals surface area (Å²) in [7, 11) is 0. The lowest BCUT2D eigenvalue weighted by Gasteiger charge is -2.34. The average Bonchev–Trinajstić information content (AvgIpc) is 1.99. The SMILES string of the molecule is O=C(O)CCC1CC(CCC(=O)O)C1. The van der Waals surface area contributed by atoms with Gasteiger partial charge in [-0.25, -0.2) is 0 Å². The molecule has 1 aliphatic rings. The molecule has 0 atom stereocenters. The van der Waals surface area contributed by atoms with E-state index >= 15 is 0 Å². The predicted molar refractivity (Wildman–Crippen MR) is 50.0 cm³/mol. The van der Waals surface area contributed by atoms with Gasteiger partial charge in [0, 0.05) is 12.8 Å². The summed E-state index contributed by atoms with van der Waals surface area (Å²) in [5, 5.41) is 16.9. The number of carboxylic acids is 2. The van der Waals surface area contributed by atoms with E-state index in [4.69, 9.17) is 10.2 Å². The van der Waals surface area contributed by atoms with Crippen molar-refractivity contribution in [1.82, 2.24) is 0 Å². The van der Waals surface area contributed by atoms with Crippen molar-refractivity contribution in [1.29, 1.82) is 0 Å². The monoisotopic (exact) mass is 200 g/mol. The largest absolute Gasteiger partial charge is 0.481 e. The van der Waals surface area contributed by atoms with Crippen LogP contribution in [-0.2, 0) is 9.59 Å². The summed E-state index contributed by atoms with van der Waals surface area (Å²) >= 11 is 0. The maximum atomic E-state index is 10.3. The first-order chi connectivity index (χ1) is 6.58. The maximum Gasteiger partial charge on any atom is 0.303 e. The third kappa shape index (κ3) is 3.77. The minimum atomic E-state index is -0.737. The Labute approximate surface area is 82.9 Å². The fourth-order valence-corrected chi connectivity index (χ4v) is 2.00. The number of carboxylic acid groups (broad SMARTS) is 2. The number of carbonyl (C=O) groups is 2. The third-order valence-electron chi connectivity index (χ3n) is 2.87. The van der Waals surface area contributed by atoms with E-state index in [-0.39, 0.29) is 12.8 Å². The molecule has 1 fully saturated rings. The fraction of sp³-hybridized carbons (Fsp3) is 0.800.